The van der Waals surface area contributed by atoms with E-state index in [1.807, 2.05) is 32.9 Å². The fourth-order valence-electron chi connectivity index (χ4n) is 1.91. The second-order valence-corrected chi connectivity index (χ2v) is 6.30. The molecule has 0 aliphatic rings. The van der Waals surface area contributed by atoms with E-state index in [0.717, 1.165) is 18.4 Å². The van der Waals surface area contributed by atoms with Crippen LogP contribution >= 0.6 is 0 Å². The van der Waals surface area contributed by atoms with Crippen LogP contribution in [0.3, 0.4) is 0 Å². The van der Waals surface area contributed by atoms with Crippen LogP contribution in [0.5, 0.6) is 0 Å². The number of carbonyl (C=O) groups excluding carboxylic acids is 1. The summed E-state index contributed by atoms with van der Waals surface area (Å²) in [5.74, 6) is 0.313. The molecule has 1 N–H and O–H groups in total. The zero-order valence-corrected chi connectivity index (χ0v) is 14.0. The van der Waals surface area contributed by atoms with Crippen molar-refractivity contribution in [2.45, 2.75) is 52.7 Å². The van der Waals surface area contributed by atoms with Crippen LogP contribution in [0.2, 0.25) is 0 Å². The standard InChI is InChI=1S/C17H23N3O3/c1-5-6-14-19-20-16(22-14)18-11-12-7-9-13(10-8-12)15(21)23-17(2,3)4/h7-10H,5-6,11H2,1-4H3,(H,18,20). The molecule has 1 aromatic carbocycles. The summed E-state index contributed by atoms with van der Waals surface area (Å²) in [5, 5.41) is 11.0. The molecule has 0 atom stereocenters. The highest BCUT2D eigenvalue weighted by Crippen LogP contribution is 2.14. The van der Waals surface area contributed by atoms with E-state index >= 15 is 0 Å². The molecule has 23 heavy (non-hydrogen) atoms. The molecule has 2 aromatic rings. The summed E-state index contributed by atoms with van der Waals surface area (Å²) in [5.41, 5.74) is 1.05. The van der Waals surface area contributed by atoms with Gasteiger partial charge in [0, 0.05) is 13.0 Å². The predicted molar refractivity (Wildman–Crippen MR) is 87.2 cm³/mol. The molecule has 0 fully saturated rings. The van der Waals surface area contributed by atoms with Crippen LogP contribution in [-0.4, -0.2) is 21.8 Å². The van der Waals surface area contributed by atoms with Gasteiger partial charge in [-0.1, -0.05) is 24.2 Å². The maximum Gasteiger partial charge on any atom is 0.338 e. The van der Waals surface area contributed by atoms with E-state index in [1.54, 1.807) is 12.1 Å². The Bertz CT molecular complexity index is 642. The minimum absolute atomic E-state index is 0.321. The minimum atomic E-state index is -0.495. The van der Waals surface area contributed by atoms with Crippen molar-refractivity contribution in [2.75, 3.05) is 5.32 Å². The number of aromatic nitrogens is 2. The third-order valence-corrected chi connectivity index (χ3v) is 2.96. The Balaban J connectivity index is 1.90. The van der Waals surface area contributed by atoms with E-state index in [0.29, 0.717) is 24.0 Å². The molecule has 2 rings (SSSR count). The van der Waals surface area contributed by atoms with E-state index in [1.165, 1.54) is 0 Å². The van der Waals surface area contributed by atoms with E-state index in [-0.39, 0.29) is 5.97 Å². The molecule has 1 aromatic heterocycles. The second-order valence-electron chi connectivity index (χ2n) is 6.30. The number of anilines is 1. The largest absolute Gasteiger partial charge is 0.456 e. The molecular formula is C17H23N3O3. The molecule has 6 nitrogen and oxygen atoms in total. The van der Waals surface area contributed by atoms with Gasteiger partial charge in [-0.05, 0) is 44.9 Å². The summed E-state index contributed by atoms with van der Waals surface area (Å²) in [6, 6.07) is 7.65. The fourth-order valence-corrected chi connectivity index (χ4v) is 1.91. The molecule has 1 heterocycles. The van der Waals surface area contributed by atoms with E-state index in [2.05, 4.69) is 22.4 Å². The Kier molecular flexibility index (Phi) is 5.36. The first-order valence-corrected chi connectivity index (χ1v) is 7.76. The molecule has 124 valence electrons. The quantitative estimate of drug-likeness (QED) is 0.820. The number of hydrogen-bond acceptors (Lipinski definition) is 6. The van der Waals surface area contributed by atoms with Gasteiger partial charge < -0.3 is 14.5 Å². The highest BCUT2D eigenvalue weighted by Gasteiger charge is 2.17. The van der Waals surface area contributed by atoms with Crippen LogP contribution in [0, 0.1) is 0 Å². The highest BCUT2D eigenvalue weighted by atomic mass is 16.6. The van der Waals surface area contributed by atoms with Crippen molar-refractivity contribution in [1.29, 1.82) is 0 Å². The average Bonchev–Trinajstić information content (AvgIpc) is 2.92. The van der Waals surface area contributed by atoms with Gasteiger partial charge in [0.05, 0.1) is 5.56 Å². The summed E-state index contributed by atoms with van der Waals surface area (Å²) in [4.78, 5) is 11.9. The summed E-state index contributed by atoms with van der Waals surface area (Å²) < 4.78 is 10.8. The van der Waals surface area contributed by atoms with E-state index in [9.17, 15) is 4.79 Å². The van der Waals surface area contributed by atoms with Crippen LogP contribution in [0.1, 0.15) is 55.9 Å². The van der Waals surface area contributed by atoms with Crippen LogP contribution < -0.4 is 5.32 Å². The van der Waals surface area contributed by atoms with E-state index in [4.69, 9.17) is 9.15 Å². The molecule has 0 aliphatic carbocycles. The minimum Gasteiger partial charge on any atom is -0.456 e. The lowest BCUT2D eigenvalue weighted by Crippen LogP contribution is -2.23. The van der Waals surface area contributed by atoms with Gasteiger partial charge in [-0.3, -0.25) is 0 Å². The van der Waals surface area contributed by atoms with Gasteiger partial charge in [-0.25, -0.2) is 4.79 Å². The lowest BCUT2D eigenvalue weighted by Gasteiger charge is -2.19. The monoisotopic (exact) mass is 317 g/mol. The summed E-state index contributed by atoms with van der Waals surface area (Å²) in [6.07, 6.45) is 1.74. The molecule has 0 unspecified atom stereocenters. The molecule has 6 heteroatoms. The van der Waals surface area contributed by atoms with Crippen LogP contribution in [0.25, 0.3) is 0 Å². The number of nitrogens with one attached hydrogen (secondary N) is 1. The Morgan fingerprint density at radius 2 is 1.91 bits per heavy atom. The Morgan fingerprint density at radius 3 is 2.52 bits per heavy atom. The molecule has 0 amide bonds. The predicted octanol–water partition coefficient (Wildman–Crippen LogP) is 3.59. The first-order chi connectivity index (χ1) is 10.9. The number of nitrogens with zero attached hydrogens (tertiary/aromatic N) is 2. The summed E-state index contributed by atoms with van der Waals surface area (Å²) in [7, 11) is 0. The second kappa shape index (κ2) is 7.26. The van der Waals surface area contributed by atoms with Gasteiger partial charge in [-0.2, -0.15) is 0 Å². The average molecular weight is 317 g/mol. The molecule has 0 spiro atoms. The lowest BCUT2D eigenvalue weighted by atomic mass is 10.1. The van der Waals surface area contributed by atoms with Gasteiger partial charge in [0.1, 0.15) is 5.60 Å². The zero-order chi connectivity index (χ0) is 16.9. The van der Waals surface area contributed by atoms with Crippen molar-refractivity contribution in [3.8, 4) is 0 Å². The van der Waals surface area contributed by atoms with Gasteiger partial charge in [0.15, 0.2) is 0 Å². The van der Waals surface area contributed by atoms with E-state index < -0.39 is 5.60 Å². The van der Waals surface area contributed by atoms with Gasteiger partial charge in [0.2, 0.25) is 5.89 Å². The fraction of sp³-hybridized carbons (Fsp3) is 0.471. The molecule has 0 radical (unpaired) electrons. The molecule has 0 saturated carbocycles. The SMILES string of the molecule is CCCc1nnc(NCc2ccc(C(=O)OC(C)(C)C)cc2)o1. The van der Waals surface area contributed by atoms with Crippen molar-refractivity contribution >= 4 is 12.0 Å². The number of hydrogen-bond donors (Lipinski definition) is 1. The first-order valence-electron chi connectivity index (χ1n) is 7.76. The number of esters is 1. The Morgan fingerprint density at radius 1 is 1.22 bits per heavy atom. The number of ether oxygens (including phenoxy) is 1. The van der Waals surface area contributed by atoms with Crippen LogP contribution in [-0.2, 0) is 17.7 Å². The number of carbonyl (C=O) groups is 1. The normalized spacial score (nSPS) is 11.3. The third kappa shape index (κ3) is 5.39. The molecule has 0 aliphatic heterocycles. The van der Waals surface area contributed by atoms with Crippen LogP contribution in [0.15, 0.2) is 28.7 Å². The lowest BCUT2D eigenvalue weighted by molar-refractivity contribution is 0.00695. The Hall–Kier alpha value is -2.37. The Labute approximate surface area is 136 Å². The molecule has 0 bridgehead atoms. The van der Waals surface area contributed by atoms with Crippen molar-refractivity contribution in [1.82, 2.24) is 10.2 Å². The van der Waals surface area contributed by atoms with Gasteiger partial charge >= 0.3 is 12.0 Å². The highest BCUT2D eigenvalue weighted by molar-refractivity contribution is 5.89. The zero-order valence-electron chi connectivity index (χ0n) is 14.0. The third-order valence-electron chi connectivity index (χ3n) is 2.96. The first kappa shape index (κ1) is 17.0. The molecule has 0 saturated heterocycles. The maximum absolute atomic E-state index is 11.9. The number of aryl methyl sites for hydroxylation is 1. The van der Waals surface area contributed by atoms with Gasteiger partial charge in [0.25, 0.3) is 0 Å². The summed E-state index contributed by atoms with van der Waals surface area (Å²) in [6.45, 7) is 8.15. The molecular weight excluding hydrogens is 294 g/mol. The van der Waals surface area contributed by atoms with Crippen molar-refractivity contribution < 1.29 is 13.9 Å². The topological polar surface area (TPSA) is 77.2 Å². The van der Waals surface area contributed by atoms with Crippen molar-refractivity contribution in [3.63, 3.8) is 0 Å². The number of benzene rings is 1. The van der Waals surface area contributed by atoms with Crippen LogP contribution in [0.4, 0.5) is 6.01 Å². The summed E-state index contributed by atoms with van der Waals surface area (Å²) >= 11 is 0. The smallest absolute Gasteiger partial charge is 0.338 e. The van der Waals surface area contributed by atoms with Gasteiger partial charge in [-0.15, -0.1) is 5.10 Å². The maximum atomic E-state index is 11.9. The number of rotatable bonds is 6. The van der Waals surface area contributed by atoms with Crippen molar-refractivity contribution in [2.24, 2.45) is 0 Å². The van der Waals surface area contributed by atoms with Crippen molar-refractivity contribution in [3.05, 3.63) is 41.3 Å².